The quantitative estimate of drug-likeness (QED) is 0.542. The number of rotatable bonds is 6. The predicted octanol–water partition coefficient (Wildman–Crippen LogP) is 1.53. The zero-order valence-corrected chi connectivity index (χ0v) is 13.4. The SMILES string of the molecule is CCC(=O)O[C@@H]1[C@H](OC(=O)CC)[C@H](OC(=O)CC)[CH]O[C@H]1C. The van der Waals surface area contributed by atoms with Crippen molar-refractivity contribution >= 4 is 17.9 Å². The number of esters is 3. The van der Waals surface area contributed by atoms with Gasteiger partial charge in [0.25, 0.3) is 0 Å². The second-order valence-corrected chi connectivity index (χ2v) is 4.90. The Morgan fingerprint density at radius 2 is 1.32 bits per heavy atom. The lowest BCUT2D eigenvalue weighted by Crippen LogP contribution is -2.55. The Morgan fingerprint density at radius 3 is 1.82 bits per heavy atom. The molecule has 4 atom stereocenters. The Labute approximate surface area is 130 Å². The highest BCUT2D eigenvalue weighted by molar-refractivity contribution is 5.71. The molecular weight excluding hydrogens is 292 g/mol. The molecule has 0 saturated carbocycles. The molecule has 0 N–H and O–H groups in total. The lowest BCUT2D eigenvalue weighted by atomic mass is 10.00. The number of hydrogen-bond acceptors (Lipinski definition) is 7. The summed E-state index contributed by atoms with van der Waals surface area (Å²) in [7, 11) is 0. The highest BCUT2D eigenvalue weighted by Gasteiger charge is 2.45. The fraction of sp³-hybridized carbons (Fsp3) is 0.733. The number of hydrogen-bond donors (Lipinski definition) is 0. The Bertz CT molecular complexity index is 407. The van der Waals surface area contributed by atoms with E-state index in [1.807, 2.05) is 0 Å². The maximum absolute atomic E-state index is 11.6. The van der Waals surface area contributed by atoms with Crippen LogP contribution >= 0.6 is 0 Å². The van der Waals surface area contributed by atoms with Crippen molar-refractivity contribution in [1.82, 2.24) is 0 Å². The van der Waals surface area contributed by atoms with Crippen molar-refractivity contribution in [2.45, 2.75) is 71.4 Å². The molecule has 1 fully saturated rings. The maximum atomic E-state index is 11.6. The second kappa shape index (κ2) is 8.73. The van der Waals surface area contributed by atoms with Gasteiger partial charge in [-0.2, -0.15) is 0 Å². The molecule has 7 nitrogen and oxygen atoms in total. The summed E-state index contributed by atoms with van der Waals surface area (Å²) in [5, 5.41) is 0. The van der Waals surface area contributed by atoms with E-state index < -0.39 is 42.3 Å². The van der Waals surface area contributed by atoms with Gasteiger partial charge in [-0.15, -0.1) is 0 Å². The molecule has 0 bridgehead atoms. The molecule has 1 heterocycles. The minimum atomic E-state index is -0.915. The first-order valence-electron chi connectivity index (χ1n) is 7.50. The third-order valence-electron chi connectivity index (χ3n) is 3.21. The first-order chi connectivity index (χ1) is 10.4. The highest BCUT2D eigenvalue weighted by atomic mass is 16.6. The van der Waals surface area contributed by atoms with Gasteiger partial charge in [0.15, 0.2) is 18.3 Å². The van der Waals surface area contributed by atoms with E-state index in [4.69, 9.17) is 18.9 Å². The molecule has 7 heteroatoms. The van der Waals surface area contributed by atoms with E-state index >= 15 is 0 Å². The third-order valence-corrected chi connectivity index (χ3v) is 3.21. The summed E-state index contributed by atoms with van der Waals surface area (Å²) >= 11 is 0. The predicted molar refractivity (Wildman–Crippen MR) is 75.4 cm³/mol. The molecule has 0 spiro atoms. The number of ether oxygens (including phenoxy) is 4. The minimum absolute atomic E-state index is 0.161. The van der Waals surface area contributed by atoms with E-state index in [1.165, 1.54) is 6.61 Å². The van der Waals surface area contributed by atoms with Crippen LogP contribution in [-0.2, 0) is 33.3 Å². The second-order valence-electron chi connectivity index (χ2n) is 4.90. The van der Waals surface area contributed by atoms with Crippen LogP contribution in [0.15, 0.2) is 0 Å². The Hall–Kier alpha value is -1.63. The van der Waals surface area contributed by atoms with E-state index in [2.05, 4.69) is 0 Å². The van der Waals surface area contributed by atoms with Crippen molar-refractivity contribution in [3.8, 4) is 0 Å². The van der Waals surface area contributed by atoms with Gasteiger partial charge in [0.2, 0.25) is 0 Å². The molecule has 0 aromatic rings. The molecule has 1 rings (SSSR count). The summed E-state index contributed by atoms with van der Waals surface area (Å²) in [6, 6.07) is 0. The van der Waals surface area contributed by atoms with Gasteiger partial charge >= 0.3 is 17.9 Å². The van der Waals surface area contributed by atoms with Crippen molar-refractivity contribution in [3.05, 3.63) is 6.61 Å². The van der Waals surface area contributed by atoms with Gasteiger partial charge < -0.3 is 18.9 Å². The normalized spacial score (nSPS) is 27.8. The van der Waals surface area contributed by atoms with Gasteiger partial charge in [-0.1, -0.05) is 20.8 Å². The molecule has 1 saturated heterocycles. The van der Waals surface area contributed by atoms with Crippen molar-refractivity contribution in [2.75, 3.05) is 0 Å². The summed E-state index contributed by atoms with van der Waals surface area (Å²) in [5.74, 6) is -1.37. The van der Waals surface area contributed by atoms with Gasteiger partial charge in [0.1, 0.15) is 6.61 Å². The van der Waals surface area contributed by atoms with Crippen molar-refractivity contribution in [1.29, 1.82) is 0 Å². The molecule has 1 aliphatic heterocycles. The lowest BCUT2D eigenvalue weighted by molar-refractivity contribution is -0.212. The lowest BCUT2D eigenvalue weighted by Gasteiger charge is -2.39. The van der Waals surface area contributed by atoms with Crippen LogP contribution in [-0.4, -0.2) is 42.3 Å². The van der Waals surface area contributed by atoms with Gasteiger partial charge in [-0.05, 0) is 6.92 Å². The summed E-state index contributed by atoms with van der Waals surface area (Å²) in [6.07, 6.45) is -2.65. The van der Waals surface area contributed by atoms with Gasteiger partial charge in [0, 0.05) is 19.3 Å². The fourth-order valence-corrected chi connectivity index (χ4v) is 1.91. The van der Waals surface area contributed by atoms with E-state index in [1.54, 1.807) is 27.7 Å². The number of carbonyl (C=O) groups is 3. The maximum Gasteiger partial charge on any atom is 0.306 e. The molecule has 0 aliphatic carbocycles. The molecule has 22 heavy (non-hydrogen) atoms. The van der Waals surface area contributed by atoms with Crippen LogP contribution < -0.4 is 0 Å². The monoisotopic (exact) mass is 315 g/mol. The third kappa shape index (κ3) is 4.98. The summed E-state index contributed by atoms with van der Waals surface area (Å²) in [6.45, 7) is 7.95. The smallest absolute Gasteiger partial charge is 0.306 e. The summed E-state index contributed by atoms with van der Waals surface area (Å²) < 4.78 is 21.2. The van der Waals surface area contributed by atoms with Crippen LogP contribution in [0.2, 0.25) is 0 Å². The Kier molecular flexibility index (Phi) is 7.31. The van der Waals surface area contributed by atoms with Crippen molar-refractivity contribution in [2.24, 2.45) is 0 Å². The topological polar surface area (TPSA) is 88.1 Å². The molecule has 0 aromatic carbocycles. The molecular formula is C15H23O7. The number of carbonyl (C=O) groups excluding carboxylic acids is 3. The average Bonchev–Trinajstić information content (AvgIpc) is 2.52. The van der Waals surface area contributed by atoms with E-state index in [9.17, 15) is 14.4 Å². The standard InChI is InChI=1S/C15H23O7/c1-5-11(16)20-10-8-19-9(4)14(21-12(17)6-2)15(10)22-13(18)7-3/h8-10,14-15H,5-7H2,1-4H3/t9-,10+,14-,15+/m0/s1. The Morgan fingerprint density at radius 1 is 0.864 bits per heavy atom. The zero-order valence-electron chi connectivity index (χ0n) is 13.4. The summed E-state index contributed by atoms with van der Waals surface area (Å²) in [5.41, 5.74) is 0. The van der Waals surface area contributed by atoms with Gasteiger partial charge in [0.05, 0.1) is 6.10 Å². The van der Waals surface area contributed by atoms with Gasteiger partial charge in [-0.3, -0.25) is 14.4 Å². The van der Waals surface area contributed by atoms with Crippen molar-refractivity contribution < 1.29 is 33.3 Å². The first-order valence-corrected chi connectivity index (χ1v) is 7.50. The zero-order chi connectivity index (χ0) is 16.7. The molecule has 1 aliphatic rings. The minimum Gasteiger partial charge on any atom is -0.455 e. The molecule has 0 unspecified atom stereocenters. The van der Waals surface area contributed by atoms with Crippen LogP contribution in [0.3, 0.4) is 0 Å². The average molecular weight is 315 g/mol. The summed E-state index contributed by atoms with van der Waals surface area (Å²) in [4.78, 5) is 34.7. The fourth-order valence-electron chi connectivity index (χ4n) is 1.91. The van der Waals surface area contributed by atoms with Crippen LogP contribution in [0, 0.1) is 6.61 Å². The molecule has 1 radical (unpaired) electrons. The van der Waals surface area contributed by atoms with Crippen molar-refractivity contribution in [3.63, 3.8) is 0 Å². The molecule has 0 amide bonds. The van der Waals surface area contributed by atoms with Crippen LogP contribution in [0.5, 0.6) is 0 Å². The van der Waals surface area contributed by atoms with Crippen LogP contribution in [0.4, 0.5) is 0 Å². The molecule has 125 valence electrons. The van der Waals surface area contributed by atoms with Crippen LogP contribution in [0.25, 0.3) is 0 Å². The molecule has 0 aromatic heterocycles. The van der Waals surface area contributed by atoms with E-state index in [0.29, 0.717) is 0 Å². The highest BCUT2D eigenvalue weighted by Crippen LogP contribution is 2.27. The first kappa shape index (κ1) is 18.4. The van der Waals surface area contributed by atoms with Crippen LogP contribution in [0.1, 0.15) is 47.0 Å². The van der Waals surface area contributed by atoms with E-state index in [0.717, 1.165) is 0 Å². The Balaban J connectivity index is 2.92. The van der Waals surface area contributed by atoms with E-state index in [-0.39, 0.29) is 19.3 Å². The largest absolute Gasteiger partial charge is 0.455 e. The van der Waals surface area contributed by atoms with Gasteiger partial charge in [-0.25, -0.2) is 0 Å².